The van der Waals surface area contributed by atoms with Crippen molar-refractivity contribution in [2.75, 3.05) is 17.3 Å². The third-order valence-corrected chi connectivity index (χ3v) is 3.82. The number of alkyl halides is 1. The summed E-state index contributed by atoms with van der Waals surface area (Å²) in [4.78, 5) is 25.6. The van der Waals surface area contributed by atoms with Crippen LogP contribution in [0.4, 0.5) is 5.69 Å². The molecule has 0 heterocycles. The van der Waals surface area contributed by atoms with E-state index < -0.39 is 12.0 Å². The highest BCUT2D eigenvalue weighted by Gasteiger charge is 2.28. The van der Waals surface area contributed by atoms with Crippen LogP contribution in [0.2, 0.25) is 0 Å². The van der Waals surface area contributed by atoms with Crippen LogP contribution in [-0.2, 0) is 14.3 Å². The van der Waals surface area contributed by atoms with Crippen LogP contribution in [0.5, 0.6) is 0 Å². The molecule has 0 radical (unpaired) electrons. The Morgan fingerprint density at radius 2 is 1.86 bits per heavy atom. The van der Waals surface area contributed by atoms with Crippen molar-refractivity contribution in [3.05, 3.63) is 42.5 Å². The van der Waals surface area contributed by atoms with Crippen molar-refractivity contribution < 1.29 is 14.3 Å². The summed E-state index contributed by atoms with van der Waals surface area (Å²) in [6.45, 7) is 1.66. The largest absolute Gasteiger partial charge is 0.467 e. The molecule has 0 spiro atoms. The summed E-state index contributed by atoms with van der Waals surface area (Å²) in [6.07, 6.45) is 0. The first-order valence-electron chi connectivity index (χ1n) is 6.53. The van der Waals surface area contributed by atoms with Crippen LogP contribution in [0.1, 0.15) is 6.92 Å². The highest BCUT2D eigenvalue weighted by molar-refractivity contribution is 9.09. The maximum absolute atomic E-state index is 12.3. The first kappa shape index (κ1) is 15.5. The van der Waals surface area contributed by atoms with Gasteiger partial charge in [-0.15, -0.1) is 0 Å². The lowest BCUT2D eigenvalue weighted by molar-refractivity contribution is -0.142. The van der Waals surface area contributed by atoms with Crippen LogP contribution >= 0.6 is 15.9 Å². The molecule has 5 heteroatoms. The molecule has 0 N–H and O–H groups in total. The van der Waals surface area contributed by atoms with Crippen molar-refractivity contribution in [1.29, 1.82) is 0 Å². The SMILES string of the molecule is COC(=O)[C@H](C)N(C(=O)CBr)c1cccc2ccccc12. The van der Waals surface area contributed by atoms with Gasteiger partial charge in [-0.25, -0.2) is 4.79 Å². The summed E-state index contributed by atoms with van der Waals surface area (Å²) in [6, 6.07) is 12.7. The number of anilines is 1. The molecule has 1 amide bonds. The summed E-state index contributed by atoms with van der Waals surface area (Å²) >= 11 is 3.17. The molecule has 110 valence electrons. The van der Waals surface area contributed by atoms with E-state index in [4.69, 9.17) is 4.74 Å². The second-order valence-corrected chi connectivity index (χ2v) is 5.16. The average molecular weight is 350 g/mol. The van der Waals surface area contributed by atoms with Gasteiger partial charge in [0.05, 0.1) is 18.1 Å². The van der Waals surface area contributed by atoms with Crippen molar-refractivity contribution in [2.45, 2.75) is 13.0 Å². The predicted molar refractivity (Wildman–Crippen MR) is 86.7 cm³/mol. The number of hydrogen-bond acceptors (Lipinski definition) is 3. The number of carbonyl (C=O) groups is 2. The van der Waals surface area contributed by atoms with Gasteiger partial charge in [0.15, 0.2) is 0 Å². The molecule has 2 aromatic carbocycles. The first-order chi connectivity index (χ1) is 10.1. The Hall–Kier alpha value is -1.88. The lowest BCUT2D eigenvalue weighted by Crippen LogP contribution is -2.44. The number of hydrogen-bond donors (Lipinski definition) is 0. The molecule has 0 saturated heterocycles. The molecule has 4 nitrogen and oxygen atoms in total. The number of rotatable bonds is 4. The van der Waals surface area contributed by atoms with E-state index in [1.54, 1.807) is 6.92 Å². The minimum atomic E-state index is -0.689. The van der Waals surface area contributed by atoms with Gasteiger partial charge in [-0.05, 0) is 18.4 Å². The van der Waals surface area contributed by atoms with Crippen LogP contribution in [0.3, 0.4) is 0 Å². The van der Waals surface area contributed by atoms with E-state index in [9.17, 15) is 9.59 Å². The third kappa shape index (κ3) is 3.08. The minimum absolute atomic E-state index is 0.136. The van der Waals surface area contributed by atoms with Crippen molar-refractivity contribution in [2.24, 2.45) is 0 Å². The van der Waals surface area contributed by atoms with Gasteiger partial charge in [0.1, 0.15) is 6.04 Å². The van der Waals surface area contributed by atoms with Crippen LogP contribution in [-0.4, -0.2) is 30.4 Å². The second kappa shape index (κ2) is 6.72. The number of benzene rings is 2. The van der Waals surface area contributed by atoms with Crippen molar-refractivity contribution in [1.82, 2.24) is 0 Å². The van der Waals surface area contributed by atoms with Crippen LogP contribution in [0.15, 0.2) is 42.5 Å². The van der Waals surface area contributed by atoms with Gasteiger partial charge in [-0.1, -0.05) is 52.3 Å². The molecule has 0 bridgehead atoms. The zero-order valence-electron chi connectivity index (χ0n) is 11.9. The Kier molecular flexibility index (Phi) is 4.96. The lowest BCUT2D eigenvalue weighted by Gasteiger charge is -2.28. The van der Waals surface area contributed by atoms with E-state index in [1.807, 2.05) is 42.5 Å². The molecule has 0 aliphatic heterocycles. The molecule has 0 aliphatic carbocycles. The number of carbonyl (C=O) groups excluding carboxylic acids is 2. The second-order valence-electron chi connectivity index (χ2n) is 4.59. The van der Waals surface area contributed by atoms with E-state index >= 15 is 0 Å². The molecule has 1 atom stereocenters. The molecule has 0 aromatic heterocycles. The van der Waals surface area contributed by atoms with Crippen LogP contribution < -0.4 is 4.90 Å². The maximum Gasteiger partial charge on any atom is 0.328 e. The molecular formula is C16H16BrNO3. The number of esters is 1. The fourth-order valence-electron chi connectivity index (χ4n) is 2.32. The van der Waals surface area contributed by atoms with E-state index in [2.05, 4.69) is 15.9 Å². The van der Waals surface area contributed by atoms with E-state index in [1.165, 1.54) is 12.0 Å². The Morgan fingerprint density at radius 1 is 1.19 bits per heavy atom. The third-order valence-electron chi connectivity index (χ3n) is 3.34. The predicted octanol–water partition coefficient (Wildman–Crippen LogP) is 3.13. The smallest absolute Gasteiger partial charge is 0.328 e. The van der Waals surface area contributed by atoms with Crippen molar-refractivity contribution in [3.8, 4) is 0 Å². The Balaban J connectivity index is 2.59. The molecular weight excluding hydrogens is 334 g/mol. The number of methoxy groups -OCH3 is 1. The summed E-state index contributed by atoms with van der Waals surface area (Å²) < 4.78 is 4.77. The van der Waals surface area contributed by atoms with Crippen molar-refractivity contribution >= 4 is 44.3 Å². The summed E-state index contributed by atoms with van der Waals surface area (Å²) in [5, 5.41) is 2.07. The molecule has 21 heavy (non-hydrogen) atoms. The summed E-state index contributed by atoms with van der Waals surface area (Å²) in [7, 11) is 1.32. The molecule has 0 saturated carbocycles. The quantitative estimate of drug-likeness (QED) is 0.629. The number of nitrogens with zero attached hydrogens (tertiary/aromatic N) is 1. The van der Waals surface area contributed by atoms with Gasteiger partial charge in [-0.2, -0.15) is 0 Å². The molecule has 2 rings (SSSR count). The van der Waals surface area contributed by atoms with Gasteiger partial charge in [-0.3, -0.25) is 9.69 Å². The topological polar surface area (TPSA) is 46.6 Å². The fourth-order valence-corrected chi connectivity index (χ4v) is 2.59. The van der Waals surface area contributed by atoms with Gasteiger partial charge < -0.3 is 4.74 Å². The number of halogens is 1. The van der Waals surface area contributed by atoms with Crippen LogP contribution in [0, 0.1) is 0 Å². The average Bonchev–Trinajstić information content (AvgIpc) is 2.54. The zero-order chi connectivity index (χ0) is 15.4. The Bertz CT molecular complexity index is 666. The molecule has 0 unspecified atom stereocenters. The Labute approximate surface area is 131 Å². The highest BCUT2D eigenvalue weighted by atomic mass is 79.9. The number of ether oxygens (including phenoxy) is 1. The van der Waals surface area contributed by atoms with Gasteiger partial charge in [0, 0.05) is 5.39 Å². The van der Waals surface area contributed by atoms with Crippen LogP contribution in [0.25, 0.3) is 10.8 Å². The molecule has 2 aromatic rings. The van der Waals surface area contributed by atoms with Gasteiger partial charge in [0.25, 0.3) is 0 Å². The summed E-state index contributed by atoms with van der Waals surface area (Å²) in [5.41, 5.74) is 0.704. The molecule has 0 fully saturated rings. The number of amides is 1. The van der Waals surface area contributed by atoms with E-state index in [0.29, 0.717) is 5.69 Å². The first-order valence-corrected chi connectivity index (χ1v) is 7.66. The van der Waals surface area contributed by atoms with Gasteiger partial charge >= 0.3 is 5.97 Å². The van der Waals surface area contributed by atoms with E-state index in [-0.39, 0.29) is 11.2 Å². The molecule has 0 aliphatic rings. The number of fused-ring (bicyclic) bond motifs is 1. The van der Waals surface area contributed by atoms with E-state index in [0.717, 1.165) is 10.8 Å². The van der Waals surface area contributed by atoms with Gasteiger partial charge in [0.2, 0.25) is 5.91 Å². The maximum atomic E-state index is 12.3. The summed E-state index contributed by atoms with van der Waals surface area (Å²) in [5.74, 6) is -0.638. The van der Waals surface area contributed by atoms with Crippen molar-refractivity contribution in [3.63, 3.8) is 0 Å². The lowest BCUT2D eigenvalue weighted by atomic mass is 10.1. The monoisotopic (exact) mass is 349 g/mol. The normalized spacial score (nSPS) is 12.0. The Morgan fingerprint density at radius 3 is 2.52 bits per heavy atom. The zero-order valence-corrected chi connectivity index (χ0v) is 13.5. The highest BCUT2D eigenvalue weighted by Crippen LogP contribution is 2.28. The minimum Gasteiger partial charge on any atom is -0.467 e. The fraction of sp³-hybridized carbons (Fsp3) is 0.250. The standard InChI is InChI=1S/C16H16BrNO3/c1-11(16(20)21-2)18(15(19)10-17)14-9-5-7-12-6-3-4-8-13(12)14/h3-9,11H,10H2,1-2H3/t11-/m0/s1.